The fourth-order valence-corrected chi connectivity index (χ4v) is 3.15. The normalized spacial score (nSPS) is 12.3. The molecule has 1 unspecified atom stereocenters. The van der Waals surface area contributed by atoms with Gasteiger partial charge in [0, 0.05) is 19.6 Å². The molecule has 0 heterocycles. The van der Waals surface area contributed by atoms with Crippen LogP contribution < -0.4 is 0 Å². The van der Waals surface area contributed by atoms with Gasteiger partial charge in [0.15, 0.2) is 0 Å². The summed E-state index contributed by atoms with van der Waals surface area (Å²) in [6.45, 7) is 1.43. The van der Waals surface area contributed by atoms with Crippen molar-refractivity contribution in [2.24, 2.45) is 0 Å². The van der Waals surface area contributed by atoms with E-state index in [1.807, 2.05) is 60.7 Å². The molecular formula is C17H14I2O2. The van der Waals surface area contributed by atoms with Crippen molar-refractivity contribution in [2.75, 3.05) is 0 Å². The van der Waals surface area contributed by atoms with E-state index in [4.69, 9.17) is 4.74 Å². The van der Waals surface area contributed by atoms with Crippen LogP contribution in [-0.4, -0.2) is 5.97 Å². The zero-order valence-corrected chi connectivity index (χ0v) is 15.7. The molecule has 4 heteroatoms. The lowest BCUT2D eigenvalue weighted by molar-refractivity contribution is -0.144. The minimum atomic E-state index is -0.369. The fourth-order valence-electron chi connectivity index (χ4n) is 1.89. The van der Waals surface area contributed by atoms with E-state index >= 15 is 0 Å². The molecule has 0 aromatic heterocycles. The topological polar surface area (TPSA) is 26.3 Å². The van der Waals surface area contributed by atoms with Crippen LogP contribution >= 0.6 is 45.2 Å². The molecule has 0 aliphatic rings. The summed E-state index contributed by atoms with van der Waals surface area (Å²) in [5.41, 5.74) is 2.11. The first-order valence-corrected chi connectivity index (χ1v) is 8.58. The maximum Gasteiger partial charge on any atom is 0.303 e. The highest BCUT2D eigenvalue weighted by Gasteiger charge is 2.14. The fraction of sp³-hybridized carbons (Fsp3) is 0.118. The first-order chi connectivity index (χ1) is 10.1. The van der Waals surface area contributed by atoms with E-state index in [-0.39, 0.29) is 12.1 Å². The maximum absolute atomic E-state index is 11.4. The first-order valence-electron chi connectivity index (χ1n) is 6.42. The molecule has 0 spiro atoms. The molecule has 1 atom stereocenters. The maximum atomic E-state index is 11.4. The Hall–Kier alpha value is -0.890. The highest BCUT2D eigenvalue weighted by molar-refractivity contribution is 14.1. The molecular weight excluding hydrogens is 490 g/mol. The van der Waals surface area contributed by atoms with Crippen molar-refractivity contribution in [1.82, 2.24) is 0 Å². The number of halogens is 2. The number of hydrogen-bond acceptors (Lipinski definition) is 2. The lowest BCUT2D eigenvalue weighted by Gasteiger charge is -2.15. The predicted molar refractivity (Wildman–Crippen MR) is 102 cm³/mol. The largest absolute Gasteiger partial charge is 0.453 e. The summed E-state index contributed by atoms with van der Waals surface area (Å²) in [5.74, 6) is -0.285. The van der Waals surface area contributed by atoms with Gasteiger partial charge in [-0.1, -0.05) is 42.5 Å². The van der Waals surface area contributed by atoms with Crippen molar-refractivity contribution >= 4 is 57.2 Å². The second-order valence-corrected chi connectivity index (χ2v) is 6.76. The Labute approximate surface area is 151 Å². The molecule has 2 nitrogen and oxygen atoms in total. The Morgan fingerprint density at radius 3 is 2.29 bits per heavy atom. The summed E-state index contributed by atoms with van der Waals surface area (Å²) in [6.07, 6.45) is 3.56. The summed E-state index contributed by atoms with van der Waals surface area (Å²) in [7, 11) is 0. The second-order valence-electron chi connectivity index (χ2n) is 4.43. The van der Waals surface area contributed by atoms with E-state index in [1.165, 1.54) is 6.92 Å². The molecule has 2 rings (SSSR count). The van der Waals surface area contributed by atoms with Crippen molar-refractivity contribution in [1.29, 1.82) is 0 Å². The molecule has 0 fully saturated rings. The molecule has 0 bridgehead atoms. The van der Waals surface area contributed by atoms with Gasteiger partial charge in [-0.2, -0.15) is 0 Å². The van der Waals surface area contributed by atoms with Gasteiger partial charge in [-0.05, 0) is 69.0 Å². The molecule has 0 aliphatic carbocycles. The van der Waals surface area contributed by atoms with Crippen LogP contribution in [0.3, 0.4) is 0 Å². The monoisotopic (exact) mass is 504 g/mol. The number of carbonyl (C=O) groups excluding carboxylic acids is 1. The highest BCUT2D eigenvalue weighted by atomic mass is 127. The zero-order chi connectivity index (χ0) is 15.2. The van der Waals surface area contributed by atoms with E-state index < -0.39 is 0 Å². The molecule has 2 aromatic carbocycles. The summed E-state index contributed by atoms with van der Waals surface area (Å²) in [6, 6.07) is 16.0. The van der Waals surface area contributed by atoms with Gasteiger partial charge in [0.05, 0.1) is 0 Å². The van der Waals surface area contributed by atoms with Crippen LogP contribution in [0.5, 0.6) is 0 Å². The van der Waals surface area contributed by atoms with E-state index in [0.29, 0.717) is 0 Å². The summed E-state index contributed by atoms with van der Waals surface area (Å²) < 4.78 is 7.69. The average molecular weight is 504 g/mol. The van der Waals surface area contributed by atoms with Gasteiger partial charge >= 0.3 is 5.97 Å². The van der Waals surface area contributed by atoms with Gasteiger partial charge in [-0.3, -0.25) is 4.79 Å². The van der Waals surface area contributed by atoms with Crippen molar-refractivity contribution in [3.8, 4) is 0 Å². The van der Waals surface area contributed by atoms with Crippen LogP contribution in [0.4, 0.5) is 0 Å². The van der Waals surface area contributed by atoms with Gasteiger partial charge in [-0.15, -0.1) is 0 Å². The van der Waals surface area contributed by atoms with Gasteiger partial charge in [0.1, 0.15) is 6.10 Å². The molecule has 21 heavy (non-hydrogen) atoms. The van der Waals surface area contributed by atoms with Gasteiger partial charge in [0.25, 0.3) is 0 Å². The van der Waals surface area contributed by atoms with Gasteiger partial charge < -0.3 is 4.74 Å². The van der Waals surface area contributed by atoms with E-state index in [2.05, 4.69) is 45.2 Å². The number of carbonyl (C=O) groups is 1. The van der Waals surface area contributed by atoms with Gasteiger partial charge in [0.2, 0.25) is 0 Å². The molecule has 0 radical (unpaired) electrons. The molecule has 0 saturated carbocycles. The average Bonchev–Trinajstić information content (AvgIpc) is 2.45. The van der Waals surface area contributed by atoms with Crippen LogP contribution in [0.25, 0.3) is 6.08 Å². The third kappa shape index (κ3) is 4.81. The summed E-state index contributed by atoms with van der Waals surface area (Å²) in [4.78, 5) is 11.4. The van der Waals surface area contributed by atoms with Crippen molar-refractivity contribution in [2.45, 2.75) is 13.0 Å². The number of ether oxygens (including phenoxy) is 1. The quantitative estimate of drug-likeness (QED) is 0.422. The third-order valence-electron chi connectivity index (χ3n) is 2.86. The highest BCUT2D eigenvalue weighted by Crippen LogP contribution is 2.26. The molecule has 0 amide bonds. The Morgan fingerprint density at radius 2 is 1.67 bits per heavy atom. The standard InChI is InChI=1S/C17H14I2O2/c1-12(20)21-17(14-7-3-5-9-16(14)19)11-10-13-6-2-4-8-15(13)18/h2-11,17H,1H3/b11-10+. The van der Waals surface area contributed by atoms with Crippen LogP contribution in [-0.2, 0) is 9.53 Å². The Balaban J connectivity index is 2.31. The SMILES string of the molecule is CC(=O)OC(/C=C/c1ccccc1I)c1ccccc1I. The molecule has 0 N–H and O–H groups in total. The molecule has 0 aliphatic heterocycles. The van der Waals surface area contributed by atoms with Crippen LogP contribution in [0.2, 0.25) is 0 Å². The van der Waals surface area contributed by atoms with Crippen LogP contribution in [0, 0.1) is 7.14 Å². The van der Waals surface area contributed by atoms with E-state index in [9.17, 15) is 4.79 Å². The Kier molecular flexibility index (Phi) is 6.22. The van der Waals surface area contributed by atoms with Crippen LogP contribution in [0.1, 0.15) is 24.2 Å². The first kappa shape index (κ1) is 16.5. The smallest absolute Gasteiger partial charge is 0.303 e. The Morgan fingerprint density at radius 1 is 1.05 bits per heavy atom. The minimum Gasteiger partial charge on any atom is -0.453 e. The van der Waals surface area contributed by atoms with Crippen molar-refractivity contribution in [3.05, 3.63) is 72.9 Å². The molecule has 0 saturated heterocycles. The van der Waals surface area contributed by atoms with Gasteiger partial charge in [-0.25, -0.2) is 0 Å². The zero-order valence-electron chi connectivity index (χ0n) is 11.4. The number of rotatable bonds is 4. The molecule has 2 aromatic rings. The van der Waals surface area contributed by atoms with E-state index in [0.717, 1.165) is 18.3 Å². The number of hydrogen-bond donors (Lipinski definition) is 0. The predicted octanol–water partition coefficient (Wildman–Crippen LogP) is 5.21. The summed E-state index contributed by atoms with van der Waals surface area (Å²) >= 11 is 4.55. The second kappa shape index (κ2) is 7.93. The van der Waals surface area contributed by atoms with Crippen LogP contribution in [0.15, 0.2) is 54.6 Å². The number of esters is 1. The summed E-state index contributed by atoms with van der Waals surface area (Å²) in [5, 5.41) is 0. The lowest BCUT2D eigenvalue weighted by Crippen LogP contribution is -2.07. The third-order valence-corrected chi connectivity index (χ3v) is 4.83. The minimum absolute atomic E-state index is 0.285. The number of benzene rings is 2. The van der Waals surface area contributed by atoms with Crippen molar-refractivity contribution in [3.63, 3.8) is 0 Å². The molecule has 108 valence electrons. The van der Waals surface area contributed by atoms with E-state index in [1.54, 1.807) is 0 Å². The lowest BCUT2D eigenvalue weighted by atomic mass is 10.1. The van der Waals surface area contributed by atoms with Crippen molar-refractivity contribution < 1.29 is 9.53 Å². The Bertz CT molecular complexity index is 665.